The first-order valence-electron chi connectivity index (χ1n) is 8.53. The summed E-state index contributed by atoms with van der Waals surface area (Å²) in [6.07, 6.45) is 0. The molecular formula is C18H23N4O4+. The van der Waals surface area contributed by atoms with Gasteiger partial charge in [-0.15, -0.1) is 0 Å². The van der Waals surface area contributed by atoms with E-state index in [4.69, 9.17) is 18.6 Å². The van der Waals surface area contributed by atoms with Gasteiger partial charge >= 0.3 is 0 Å². The second kappa shape index (κ2) is 8.56. The third-order valence-electron chi connectivity index (χ3n) is 4.33. The highest BCUT2D eigenvalue weighted by molar-refractivity contribution is 5.63. The van der Waals surface area contributed by atoms with Gasteiger partial charge < -0.3 is 28.8 Å². The standard InChI is InChI=1S/C18H22N4O4/c1-23-15-4-3-13(11-16(15)24-2)17-21-14(12-19)18(26-17)20-5-6-22-7-9-25-10-8-22/h3-4,11,20H,5-10H2,1-2H3/p+1. The molecule has 138 valence electrons. The number of methoxy groups -OCH3 is 2. The molecule has 0 radical (unpaired) electrons. The highest BCUT2D eigenvalue weighted by Gasteiger charge is 2.18. The number of nitrogens with zero attached hydrogens (tertiary/aromatic N) is 2. The Labute approximate surface area is 152 Å². The topological polar surface area (TPSA) is 94.0 Å². The van der Waals surface area contributed by atoms with E-state index in [-0.39, 0.29) is 5.69 Å². The lowest BCUT2D eigenvalue weighted by atomic mass is 10.2. The maximum absolute atomic E-state index is 9.33. The fraction of sp³-hybridized carbons (Fsp3) is 0.444. The van der Waals surface area contributed by atoms with Gasteiger partial charge in [-0.2, -0.15) is 10.2 Å². The smallest absolute Gasteiger partial charge is 0.232 e. The van der Waals surface area contributed by atoms with E-state index in [2.05, 4.69) is 16.4 Å². The van der Waals surface area contributed by atoms with E-state index in [0.717, 1.165) is 32.8 Å². The number of anilines is 1. The number of quaternary nitrogens is 1. The van der Waals surface area contributed by atoms with Gasteiger partial charge in [-0.05, 0) is 18.2 Å². The molecule has 1 saturated heterocycles. The Morgan fingerprint density at radius 1 is 1.23 bits per heavy atom. The predicted molar refractivity (Wildman–Crippen MR) is 94.6 cm³/mol. The van der Waals surface area contributed by atoms with Crippen LogP contribution in [-0.2, 0) is 4.74 Å². The van der Waals surface area contributed by atoms with Gasteiger partial charge in [0, 0.05) is 5.56 Å². The van der Waals surface area contributed by atoms with Crippen LogP contribution < -0.4 is 19.7 Å². The predicted octanol–water partition coefficient (Wildman–Crippen LogP) is 0.557. The third kappa shape index (κ3) is 4.07. The number of nitriles is 1. The van der Waals surface area contributed by atoms with Crippen LogP contribution in [0.15, 0.2) is 22.6 Å². The quantitative estimate of drug-likeness (QED) is 0.746. The average molecular weight is 359 g/mol. The minimum atomic E-state index is 0.242. The monoisotopic (exact) mass is 359 g/mol. The molecule has 1 aliphatic heterocycles. The van der Waals surface area contributed by atoms with Crippen molar-refractivity contribution in [3.05, 3.63) is 23.9 Å². The molecule has 2 N–H and O–H groups in total. The number of ether oxygens (including phenoxy) is 3. The molecule has 0 amide bonds. The second-order valence-corrected chi connectivity index (χ2v) is 5.92. The molecular weight excluding hydrogens is 336 g/mol. The molecule has 0 bridgehead atoms. The molecule has 1 aromatic carbocycles. The first kappa shape index (κ1) is 18.0. The summed E-state index contributed by atoms with van der Waals surface area (Å²) in [7, 11) is 3.15. The molecule has 8 nitrogen and oxygen atoms in total. The Kier molecular flexibility index (Phi) is 5.94. The Hall–Kier alpha value is -2.76. The molecule has 8 heteroatoms. The van der Waals surface area contributed by atoms with E-state index >= 15 is 0 Å². The number of hydrogen-bond acceptors (Lipinski definition) is 7. The Balaban J connectivity index is 1.71. The fourth-order valence-electron chi connectivity index (χ4n) is 2.87. The van der Waals surface area contributed by atoms with Crippen LogP contribution in [-0.4, -0.2) is 58.6 Å². The van der Waals surface area contributed by atoms with Crippen molar-refractivity contribution in [2.24, 2.45) is 0 Å². The second-order valence-electron chi connectivity index (χ2n) is 5.92. The lowest BCUT2D eigenvalue weighted by molar-refractivity contribution is -0.906. The van der Waals surface area contributed by atoms with Crippen LogP contribution >= 0.6 is 0 Å². The Bertz CT molecular complexity index is 778. The minimum Gasteiger partial charge on any atom is -0.493 e. The normalized spacial score (nSPS) is 14.7. The summed E-state index contributed by atoms with van der Waals surface area (Å²) in [4.78, 5) is 5.76. The van der Waals surface area contributed by atoms with Gasteiger partial charge in [0.2, 0.25) is 17.5 Å². The summed E-state index contributed by atoms with van der Waals surface area (Å²) in [6, 6.07) is 7.44. The molecule has 0 saturated carbocycles. The molecule has 0 atom stereocenters. The number of aromatic nitrogens is 1. The van der Waals surface area contributed by atoms with Gasteiger partial charge in [0.25, 0.3) is 0 Å². The van der Waals surface area contributed by atoms with Crippen LogP contribution in [0.3, 0.4) is 0 Å². The van der Waals surface area contributed by atoms with Gasteiger partial charge in [0.05, 0.1) is 40.5 Å². The molecule has 0 spiro atoms. The van der Waals surface area contributed by atoms with Crippen molar-refractivity contribution >= 4 is 5.88 Å². The van der Waals surface area contributed by atoms with Crippen molar-refractivity contribution in [1.29, 1.82) is 5.26 Å². The number of rotatable bonds is 7. The average Bonchev–Trinajstić information content (AvgIpc) is 3.11. The van der Waals surface area contributed by atoms with E-state index in [1.165, 1.54) is 4.90 Å². The van der Waals surface area contributed by atoms with Crippen molar-refractivity contribution in [2.75, 3.05) is 58.9 Å². The third-order valence-corrected chi connectivity index (χ3v) is 4.33. The zero-order valence-corrected chi connectivity index (χ0v) is 15.0. The van der Waals surface area contributed by atoms with Crippen LogP contribution in [0.4, 0.5) is 5.88 Å². The van der Waals surface area contributed by atoms with Crippen LogP contribution in [0.25, 0.3) is 11.5 Å². The fourth-order valence-corrected chi connectivity index (χ4v) is 2.87. The summed E-state index contributed by atoms with van der Waals surface area (Å²) >= 11 is 0. The maximum atomic E-state index is 9.33. The SMILES string of the molecule is COc1ccc(-c2nc(C#N)c(NCC[NH+]3CCOCC3)o2)cc1OC. The summed E-state index contributed by atoms with van der Waals surface area (Å²) in [5, 5.41) is 12.5. The van der Waals surface area contributed by atoms with Crippen molar-refractivity contribution in [3.63, 3.8) is 0 Å². The molecule has 26 heavy (non-hydrogen) atoms. The highest BCUT2D eigenvalue weighted by Crippen LogP contribution is 2.33. The van der Waals surface area contributed by atoms with Crippen molar-refractivity contribution in [2.45, 2.75) is 0 Å². The minimum absolute atomic E-state index is 0.242. The molecule has 1 aliphatic rings. The van der Waals surface area contributed by atoms with E-state index in [0.29, 0.717) is 35.4 Å². The van der Waals surface area contributed by atoms with Gasteiger partial charge in [-0.3, -0.25) is 0 Å². The van der Waals surface area contributed by atoms with Crippen LogP contribution in [0.2, 0.25) is 0 Å². The lowest BCUT2D eigenvalue weighted by Gasteiger charge is -2.23. The lowest BCUT2D eigenvalue weighted by Crippen LogP contribution is -3.14. The zero-order valence-electron chi connectivity index (χ0n) is 15.0. The van der Waals surface area contributed by atoms with Crippen molar-refractivity contribution in [1.82, 2.24) is 4.98 Å². The Morgan fingerprint density at radius 2 is 2.00 bits per heavy atom. The van der Waals surface area contributed by atoms with Gasteiger partial charge in [-0.25, -0.2) is 0 Å². The first-order valence-corrected chi connectivity index (χ1v) is 8.53. The maximum Gasteiger partial charge on any atom is 0.232 e. The number of benzene rings is 1. The van der Waals surface area contributed by atoms with E-state index in [1.54, 1.807) is 26.4 Å². The summed E-state index contributed by atoms with van der Waals surface area (Å²) in [6.45, 7) is 5.22. The first-order chi connectivity index (χ1) is 12.7. The molecule has 0 aliphatic carbocycles. The zero-order chi connectivity index (χ0) is 18.4. The van der Waals surface area contributed by atoms with Crippen LogP contribution in [0.1, 0.15) is 5.69 Å². The van der Waals surface area contributed by atoms with E-state index in [9.17, 15) is 5.26 Å². The van der Waals surface area contributed by atoms with Crippen LogP contribution in [0, 0.1) is 11.3 Å². The molecule has 2 aromatic rings. The summed E-state index contributed by atoms with van der Waals surface area (Å²) in [5.41, 5.74) is 0.956. The van der Waals surface area contributed by atoms with Crippen molar-refractivity contribution < 1.29 is 23.5 Å². The number of oxazole rings is 1. The van der Waals surface area contributed by atoms with E-state index in [1.807, 2.05) is 6.07 Å². The summed E-state index contributed by atoms with van der Waals surface area (Å²) in [5.74, 6) is 1.95. The summed E-state index contributed by atoms with van der Waals surface area (Å²) < 4.78 is 21.7. The highest BCUT2D eigenvalue weighted by atomic mass is 16.5. The Morgan fingerprint density at radius 3 is 2.69 bits per heavy atom. The largest absolute Gasteiger partial charge is 0.493 e. The van der Waals surface area contributed by atoms with Crippen LogP contribution in [0.5, 0.6) is 11.5 Å². The van der Waals surface area contributed by atoms with E-state index < -0.39 is 0 Å². The number of morpholine rings is 1. The molecule has 3 rings (SSSR count). The number of nitrogens with one attached hydrogen (secondary N) is 2. The molecule has 1 aromatic heterocycles. The molecule has 1 fully saturated rings. The van der Waals surface area contributed by atoms with Gasteiger partial charge in [0.1, 0.15) is 19.2 Å². The van der Waals surface area contributed by atoms with Gasteiger partial charge in [-0.1, -0.05) is 0 Å². The number of hydrogen-bond donors (Lipinski definition) is 2. The molecule has 2 heterocycles. The van der Waals surface area contributed by atoms with Crippen molar-refractivity contribution in [3.8, 4) is 29.0 Å². The van der Waals surface area contributed by atoms with Gasteiger partial charge in [0.15, 0.2) is 11.5 Å². The molecule has 0 unspecified atom stereocenters.